The molecule has 39 heavy (non-hydrogen) atoms. The molecule has 10 nitrogen and oxygen atoms in total. The summed E-state index contributed by atoms with van der Waals surface area (Å²) in [4.78, 5) is 30.1. The molecule has 1 unspecified atom stereocenters. The minimum absolute atomic E-state index is 0.0216. The maximum Gasteiger partial charge on any atom is 0.308 e. The topological polar surface area (TPSA) is 124 Å². The third-order valence-electron chi connectivity index (χ3n) is 7.92. The molecule has 1 fully saturated rings. The van der Waals surface area contributed by atoms with E-state index in [-0.39, 0.29) is 38.0 Å². The number of carboxylic acids is 1. The SMILES string of the molecule is CCCCN(CCN)C(=O)CN1C[C@H](c2ccc3c(c2)OCO3)C(C(=O)O)[C@@H]1CCc1cccc2c1OCO2. The summed E-state index contributed by atoms with van der Waals surface area (Å²) in [5, 5.41) is 10.5. The van der Waals surface area contributed by atoms with Crippen molar-refractivity contribution in [3.63, 3.8) is 0 Å². The Labute approximate surface area is 228 Å². The third-order valence-corrected chi connectivity index (χ3v) is 7.92. The van der Waals surface area contributed by atoms with Crippen molar-refractivity contribution in [3.05, 3.63) is 47.5 Å². The number of nitrogens with two attached hydrogens (primary N) is 1. The molecule has 1 amide bonds. The monoisotopic (exact) mass is 539 g/mol. The molecule has 0 saturated carbocycles. The van der Waals surface area contributed by atoms with Gasteiger partial charge in [-0.05, 0) is 48.6 Å². The highest BCUT2D eigenvalue weighted by atomic mass is 16.7. The molecule has 3 aliphatic heterocycles. The van der Waals surface area contributed by atoms with E-state index in [0.717, 1.165) is 24.0 Å². The van der Waals surface area contributed by atoms with Crippen molar-refractivity contribution in [2.24, 2.45) is 11.7 Å². The molecule has 5 rings (SSSR count). The number of hydrogen-bond acceptors (Lipinski definition) is 8. The Kier molecular flexibility index (Phi) is 8.42. The van der Waals surface area contributed by atoms with Crippen LogP contribution in [0.4, 0.5) is 0 Å². The van der Waals surface area contributed by atoms with Gasteiger partial charge in [0.25, 0.3) is 0 Å². The Morgan fingerprint density at radius 3 is 2.64 bits per heavy atom. The van der Waals surface area contributed by atoms with Crippen LogP contribution in [-0.4, -0.2) is 79.1 Å². The molecule has 1 saturated heterocycles. The average molecular weight is 540 g/mol. The average Bonchev–Trinajstić information content (AvgIpc) is 3.68. The number of likely N-dealkylation sites (tertiary alicyclic amines) is 1. The van der Waals surface area contributed by atoms with E-state index in [1.807, 2.05) is 41.3 Å². The second kappa shape index (κ2) is 12.1. The van der Waals surface area contributed by atoms with E-state index in [0.29, 0.717) is 62.0 Å². The van der Waals surface area contributed by atoms with Gasteiger partial charge in [-0.15, -0.1) is 0 Å². The summed E-state index contributed by atoms with van der Waals surface area (Å²) in [6, 6.07) is 11.0. The van der Waals surface area contributed by atoms with Crippen LogP contribution < -0.4 is 24.7 Å². The van der Waals surface area contributed by atoms with Crippen LogP contribution in [0.1, 0.15) is 43.2 Å². The summed E-state index contributed by atoms with van der Waals surface area (Å²) >= 11 is 0. The van der Waals surface area contributed by atoms with Crippen molar-refractivity contribution in [3.8, 4) is 23.0 Å². The number of aryl methyl sites for hydroxylation is 1. The van der Waals surface area contributed by atoms with Crippen LogP contribution in [0.15, 0.2) is 36.4 Å². The lowest BCUT2D eigenvalue weighted by Crippen LogP contribution is -2.45. The molecule has 3 heterocycles. The number of carbonyl (C=O) groups is 2. The number of carbonyl (C=O) groups excluding carboxylic acids is 1. The lowest BCUT2D eigenvalue weighted by Gasteiger charge is -2.29. The highest BCUT2D eigenvalue weighted by molar-refractivity contribution is 5.79. The highest BCUT2D eigenvalue weighted by Crippen LogP contribution is 2.44. The van der Waals surface area contributed by atoms with Gasteiger partial charge in [0.05, 0.1) is 12.5 Å². The van der Waals surface area contributed by atoms with Gasteiger partial charge in [-0.2, -0.15) is 0 Å². The van der Waals surface area contributed by atoms with Gasteiger partial charge in [-0.3, -0.25) is 14.5 Å². The summed E-state index contributed by atoms with van der Waals surface area (Å²) in [5.41, 5.74) is 7.65. The number of rotatable bonds is 12. The Morgan fingerprint density at radius 2 is 1.85 bits per heavy atom. The van der Waals surface area contributed by atoms with E-state index in [1.165, 1.54) is 0 Å². The normalized spacial score (nSPS) is 21.3. The van der Waals surface area contributed by atoms with Crippen molar-refractivity contribution in [1.29, 1.82) is 0 Å². The van der Waals surface area contributed by atoms with Gasteiger partial charge in [0, 0.05) is 38.1 Å². The number of hydrogen-bond donors (Lipinski definition) is 2. The first-order valence-corrected chi connectivity index (χ1v) is 13.7. The van der Waals surface area contributed by atoms with Crippen LogP contribution >= 0.6 is 0 Å². The van der Waals surface area contributed by atoms with E-state index >= 15 is 0 Å². The predicted octanol–water partition coefficient (Wildman–Crippen LogP) is 2.83. The summed E-state index contributed by atoms with van der Waals surface area (Å²) < 4.78 is 22.3. The van der Waals surface area contributed by atoms with Crippen LogP contribution in [0, 0.1) is 5.92 Å². The molecule has 10 heteroatoms. The number of nitrogens with zero attached hydrogens (tertiary/aromatic N) is 2. The van der Waals surface area contributed by atoms with Crippen molar-refractivity contribution in [1.82, 2.24) is 9.80 Å². The predicted molar refractivity (Wildman–Crippen MR) is 143 cm³/mol. The fraction of sp³-hybridized carbons (Fsp3) is 0.517. The van der Waals surface area contributed by atoms with Gasteiger partial charge in [-0.25, -0.2) is 0 Å². The van der Waals surface area contributed by atoms with Crippen molar-refractivity contribution in [2.45, 2.75) is 44.6 Å². The van der Waals surface area contributed by atoms with Crippen molar-refractivity contribution < 1.29 is 33.6 Å². The molecule has 0 aliphatic carbocycles. The van der Waals surface area contributed by atoms with Crippen LogP contribution in [-0.2, 0) is 16.0 Å². The Morgan fingerprint density at radius 1 is 1.05 bits per heavy atom. The largest absolute Gasteiger partial charge is 0.481 e. The number of unbranched alkanes of at least 4 members (excludes halogenated alkanes) is 1. The number of para-hydroxylation sites is 1. The maximum atomic E-state index is 13.4. The highest BCUT2D eigenvalue weighted by Gasteiger charge is 2.47. The maximum absolute atomic E-state index is 13.4. The van der Waals surface area contributed by atoms with Crippen molar-refractivity contribution in [2.75, 3.05) is 46.3 Å². The lowest BCUT2D eigenvalue weighted by molar-refractivity contribution is -0.143. The van der Waals surface area contributed by atoms with Crippen LogP contribution in [0.2, 0.25) is 0 Å². The smallest absolute Gasteiger partial charge is 0.308 e. The third kappa shape index (κ3) is 5.77. The zero-order chi connectivity index (χ0) is 27.4. The summed E-state index contributed by atoms with van der Waals surface area (Å²) in [6.07, 6.45) is 3.02. The first kappa shape index (κ1) is 27.1. The van der Waals surface area contributed by atoms with Gasteiger partial charge >= 0.3 is 5.97 Å². The minimum atomic E-state index is -0.875. The Hall–Kier alpha value is -3.50. The molecular formula is C29H37N3O7. The quantitative estimate of drug-likeness (QED) is 0.419. The van der Waals surface area contributed by atoms with Gasteiger partial charge in [0.1, 0.15) is 0 Å². The molecule has 0 spiro atoms. The lowest BCUT2D eigenvalue weighted by atomic mass is 9.83. The second-order valence-electron chi connectivity index (χ2n) is 10.3. The van der Waals surface area contributed by atoms with Gasteiger partial charge in [0.2, 0.25) is 19.5 Å². The minimum Gasteiger partial charge on any atom is -0.481 e. The first-order chi connectivity index (χ1) is 19.0. The number of ether oxygens (including phenoxy) is 4. The molecule has 2 aromatic rings. The number of carboxylic acid groups (broad SMARTS) is 1. The van der Waals surface area contributed by atoms with Crippen molar-refractivity contribution >= 4 is 11.9 Å². The van der Waals surface area contributed by atoms with Gasteiger partial charge in [0.15, 0.2) is 23.0 Å². The molecule has 3 aliphatic rings. The van der Waals surface area contributed by atoms with Crippen LogP contribution in [0.25, 0.3) is 0 Å². The molecule has 3 N–H and O–H groups in total. The summed E-state index contributed by atoms with van der Waals surface area (Å²) in [5.74, 6) is 0.777. The Balaban J connectivity index is 1.42. The molecule has 2 aromatic carbocycles. The van der Waals surface area contributed by atoms with E-state index in [1.54, 1.807) is 4.90 Å². The first-order valence-electron chi connectivity index (χ1n) is 13.7. The fourth-order valence-electron chi connectivity index (χ4n) is 5.96. The standard InChI is InChI=1S/C29H37N3O7/c1-2-3-12-31(13-11-30)26(33)16-32-15-21(20-8-10-23-25(14-20)38-17-36-23)27(29(34)35)22(32)9-7-19-5-4-6-24-28(19)39-18-37-24/h4-6,8,10,14,21-22,27H,2-3,7,9,11-13,15-18,30H2,1H3,(H,34,35)/t21-,22+,27?/m1/s1. The second-order valence-corrected chi connectivity index (χ2v) is 10.3. The zero-order valence-electron chi connectivity index (χ0n) is 22.3. The molecule has 0 aromatic heterocycles. The molecule has 0 radical (unpaired) electrons. The van der Waals surface area contributed by atoms with E-state index in [4.69, 9.17) is 24.7 Å². The number of benzene rings is 2. The van der Waals surface area contributed by atoms with E-state index < -0.39 is 11.9 Å². The molecule has 0 bridgehead atoms. The van der Waals surface area contributed by atoms with Crippen LogP contribution in [0.3, 0.4) is 0 Å². The van der Waals surface area contributed by atoms with Gasteiger partial charge < -0.3 is 34.7 Å². The molecule has 210 valence electrons. The summed E-state index contributed by atoms with van der Waals surface area (Å²) in [7, 11) is 0. The van der Waals surface area contributed by atoms with E-state index in [9.17, 15) is 14.7 Å². The Bertz CT molecular complexity index is 1190. The van der Waals surface area contributed by atoms with E-state index in [2.05, 4.69) is 6.92 Å². The number of amides is 1. The molecule has 3 atom stereocenters. The fourth-order valence-corrected chi connectivity index (χ4v) is 5.96. The number of fused-ring (bicyclic) bond motifs is 2. The molecular weight excluding hydrogens is 502 g/mol. The zero-order valence-corrected chi connectivity index (χ0v) is 22.3. The van der Waals surface area contributed by atoms with Gasteiger partial charge in [-0.1, -0.05) is 31.5 Å². The van der Waals surface area contributed by atoms with Crippen LogP contribution in [0.5, 0.6) is 23.0 Å². The number of aliphatic carboxylic acids is 1. The summed E-state index contributed by atoms with van der Waals surface area (Å²) in [6.45, 7) is 4.52.